The summed E-state index contributed by atoms with van der Waals surface area (Å²) in [6.45, 7) is -2.30. The van der Waals surface area contributed by atoms with Crippen LogP contribution in [0.4, 0.5) is 8.78 Å². The third kappa shape index (κ3) is 3.13. The fraction of sp³-hybridized carbons (Fsp3) is 0.167. The molecule has 1 amide bonds. The summed E-state index contributed by atoms with van der Waals surface area (Å²) in [5, 5.41) is 2.80. The minimum absolute atomic E-state index is 0.0403. The highest BCUT2D eigenvalue weighted by Crippen LogP contribution is 2.26. The van der Waals surface area contributed by atoms with Gasteiger partial charge in [0.25, 0.3) is 5.91 Å². The normalized spacial score (nSPS) is 13.4. The molecule has 0 bridgehead atoms. The van der Waals surface area contributed by atoms with Gasteiger partial charge in [-0.25, -0.2) is 9.97 Å². The van der Waals surface area contributed by atoms with E-state index in [2.05, 4.69) is 25.0 Å². The highest BCUT2D eigenvalue weighted by Gasteiger charge is 2.20. The van der Waals surface area contributed by atoms with Crippen LogP contribution in [0, 0.1) is 0 Å². The minimum Gasteiger partial charge on any atom is -0.435 e. The van der Waals surface area contributed by atoms with Crippen LogP contribution in [0.1, 0.15) is 16.1 Å². The Bertz CT molecular complexity index is 971. The maximum absolute atomic E-state index is 12.4. The number of hydrogen-bond donors (Lipinski definition) is 2. The molecule has 3 aromatic rings. The molecule has 0 spiro atoms. The van der Waals surface area contributed by atoms with Crippen molar-refractivity contribution < 1.29 is 18.3 Å². The molecule has 0 unspecified atom stereocenters. The standard InChI is InChI=1S/C18H14F2N4O2/c19-18(20)26-11-3-1-2-10(8-11)16-21-6-5-14(24-16)15-9-12-13(23-15)4-7-22-17(12)25/h1-3,5-6,8-9,18,23H,4,7H2,(H,22,25). The Hall–Kier alpha value is -3.29. The van der Waals surface area contributed by atoms with Gasteiger partial charge in [-0.1, -0.05) is 12.1 Å². The SMILES string of the molecule is O=C1NCCc2[nH]c(-c3ccnc(-c4cccc(OC(F)F)c4)n3)cc21. The summed E-state index contributed by atoms with van der Waals surface area (Å²) in [6.07, 6.45) is 2.31. The number of nitrogens with zero attached hydrogens (tertiary/aromatic N) is 2. The number of fused-ring (bicyclic) bond motifs is 1. The van der Waals surface area contributed by atoms with Gasteiger partial charge in [0.2, 0.25) is 0 Å². The smallest absolute Gasteiger partial charge is 0.387 e. The van der Waals surface area contributed by atoms with Crippen molar-refractivity contribution in [3.8, 4) is 28.5 Å². The molecule has 0 saturated heterocycles. The van der Waals surface area contributed by atoms with Gasteiger partial charge in [-0.2, -0.15) is 8.78 Å². The van der Waals surface area contributed by atoms with E-state index in [0.717, 1.165) is 12.1 Å². The lowest BCUT2D eigenvalue weighted by atomic mass is 10.1. The first-order valence-electron chi connectivity index (χ1n) is 7.99. The van der Waals surface area contributed by atoms with Gasteiger partial charge >= 0.3 is 6.61 Å². The van der Waals surface area contributed by atoms with Crippen molar-refractivity contribution in [2.75, 3.05) is 6.54 Å². The van der Waals surface area contributed by atoms with Gasteiger partial charge in [0.1, 0.15) is 5.75 Å². The van der Waals surface area contributed by atoms with Crippen molar-refractivity contribution in [1.82, 2.24) is 20.3 Å². The molecule has 8 heteroatoms. The quantitative estimate of drug-likeness (QED) is 0.753. The number of benzene rings is 1. The molecule has 2 N–H and O–H groups in total. The molecule has 0 radical (unpaired) electrons. The molecule has 1 aliphatic heterocycles. The van der Waals surface area contributed by atoms with Crippen LogP contribution in [0.3, 0.4) is 0 Å². The van der Waals surface area contributed by atoms with E-state index in [1.54, 1.807) is 30.5 Å². The fourth-order valence-corrected chi connectivity index (χ4v) is 2.89. The zero-order chi connectivity index (χ0) is 18.1. The summed E-state index contributed by atoms with van der Waals surface area (Å²) >= 11 is 0. The largest absolute Gasteiger partial charge is 0.435 e. The molecule has 0 fully saturated rings. The predicted octanol–water partition coefficient (Wildman–Crippen LogP) is 3.03. The molecular formula is C18H14F2N4O2. The average molecular weight is 356 g/mol. The van der Waals surface area contributed by atoms with Gasteiger partial charge in [-0.3, -0.25) is 4.79 Å². The number of H-pyrrole nitrogens is 1. The zero-order valence-corrected chi connectivity index (χ0v) is 13.5. The molecule has 0 atom stereocenters. The van der Waals surface area contributed by atoms with Gasteiger partial charge < -0.3 is 15.0 Å². The second-order valence-electron chi connectivity index (χ2n) is 5.75. The number of amides is 1. The second kappa shape index (κ2) is 6.55. The van der Waals surface area contributed by atoms with Gasteiger partial charge in [0.05, 0.1) is 17.0 Å². The van der Waals surface area contributed by atoms with Crippen LogP contribution >= 0.6 is 0 Å². The number of carbonyl (C=O) groups is 1. The second-order valence-corrected chi connectivity index (χ2v) is 5.75. The molecule has 6 nitrogen and oxygen atoms in total. The average Bonchev–Trinajstić information content (AvgIpc) is 3.07. The molecule has 1 aliphatic rings. The van der Waals surface area contributed by atoms with E-state index in [4.69, 9.17) is 0 Å². The monoisotopic (exact) mass is 356 g/mol. The molecule has 2 aromatic heterocycles. The highest BCUT2D eigenvalue weighted by molar-refractivity contribution is 5.97. The van der Waals surface area contributed by atoms with Crippen LogP contribution in [-0.2, 0) is 6.42 Å². The lowest BCUT2D eigenvalue weighted by molar-refractivity contribution is -0.0498. The first-order chi connectivity index (χ1) is 12.6. The van der Waals surface area contributed by atoms with Crippen molar-refractivity contribution in [2.24, 2.45) is 0 Å². The molecule has 132 valence electrons. The van der Waals surface area contributed by atoms with Crippen molar-refractivity contribution in [1.29, 1.82) is 0 Å². The first-order valence-corrected chi connectivity index (χ1v) is 7.99. The minimum atomic E-state index is -2.89. The van der Waals surface area contributed by atoms with E-state index >= 15 is 0 Å². The zero-order valence-electron chi connectivity index (χ0n) is 13.5. The molecule has 26 heavy (non-hydrogen) atoms. The van der Waals surface area contributed by atoms with Crippen LogP contribution in [-0.4, -0.2) is 34.0 Å². The molecule has 0 saturated carbocycles. The topological polar surface area (TPSA) is 79.9 Å². The van der Waals surface area contributed by atoms with Gasteiger partial charge in [-0.05, 0) is 24.3 Å². The van der Waals surface area contributed by atoms with Crippen molar-refractivity contribution in [2.45, 2.75) is 13.0 Å². The van der Waals surface area contributed by atoms with E-state index in [1.807, 2.05) is 0 Å². The Labute approximate surface area is 147 Å². The van der Waals surface area contributed by atoms with Crippen LogP contribution in [0.5, 0.6) is 5.75 Å². The number of aromatic nitrogens is 3. The Kier molecular flexibility index (Phi) is 4.08. The van der Waals surface area contributed by atoms with Crippen LogP contribution < -0.4 is 10.1 Å². The summed E-state index contributed by atoms with van der Waals surface area (Å²) in [4.78, 5) is 23.8. The molecular weight excluding hydrogens is 342 g/mol. The first kappa shape index (κ1) is 16.2. The molecule has 4 rings (SSSR count). The van der Waals surface area contributed by atoms with Gasteiger partial charge in [0.15, 0.2) is 5.82 Å². The number of aromatic amines is 1. The highest BCUT2D eigenvalue weighted by atomic mass is 19.3. The van der Waals surface area contributed by atoms with Gasteiger partial charge in [-0.15, -0.1) is 0 Å². The Balaban J connectivity index is 1.68. The van der Waals surface area contributed by atoms with E-state index < -0.39 is 6.61 Å². The summed E-state index contributed by atoms with van der Waals surface area (Å²) in [5.74, 6) is 0.303. The summed E-state index contributed by atoms with van der Waals surface area (Å²) < 4.78 is 29.2. The summed E-state index contributed by atoms with van der Waals surface area (Å²) in [6, 6.07) is 9.69. The van der Waals surface area contributed by atoms with Crippen molar-refractivity contribution in [3.05, 3.63) is 53.9 Å². The third-order valence-corrected chi connectivity index (χ3v) is 4.05. The maximum atomic E-state index is 12.4. The summed E-state index contributed by atoms with van der Waals surface area (Å²) in [5.41, 5.74) is 3.35. The van der Waals surface area contributed by atoms with Crippen molar-refractivity contribution in [3.63, 3.8) is 0 Å². The molecule has 3 heterocycles. The van der Waals surface area contributed by atoms with Crippen LogP contribution in [0.2, 0.25) is 0 Å². The Morgan fingerprint density at radius 2 is 2.08 bits per heavy atom. The number of hydrogen-bond acceptors (Lipinski definition) is 4. The molecule has 1 aromatic carbocycles. The molecule has 0 aliphatic carbocycles. The fourth-order valence-electron chi connectivity index (χ4n) is 2.89. The van der Waals surface area contributed by atoms with Crippen LogP contribution in [0.25, 0.3) is 22.8 Å². The van der Waals surface area contributed by atoms with E-state index in [0.29, 0.717) is 34.9 Å². The van der Waals surface area contributed by atoms with E-state index in [9.17, 15) is 13.6 Å². The van der Waals surface area contributed by atoms with Crippen molar-refractivity contribution >= 4 is 5.91 Å². The lowest BCUT2D eigenvalue weighted by Crippen LogP contribution is -2.31. The Morgan fingerprint density at radius 1 is 1.19 bits per heavy atom. The lowest BCUT2D eigenvalue weighted by Gasteiger charge is -2.10. The number of nitrogens with one attached hydrogen (secondary N) is 2. The number of rotatable bonds is 4. The number of halogens is 2. The number of carbonyl (C=O) groups excluding carboxylic acids is 1. The number of alkyl halides is 2. The Morgan fingerprint density at radius 3 is 2.88 bits per heavy atom. The van der Waals surface area contributed by atoms with Gasteiger partial charge in [0, 0.05) is 30.4 Å². The number of ether oxygens (including phenoxy) is 1. The van der Waals surface area contributed by atoms with Crippen LogP contribution in [0.15, 0.2) is 42.6 Å². The maximum Gasteiger partial charge on any atom is 0.387 e. The summed E-state index contributed by atoms with van der Waals surface area (Å²) in [7, 11) is 0. The third-order valence-electron chi connectivity index (χ3n) is 4.05. The predicted molar refractivity (Wildman–Crippen MR) is 89.9 cm³/mol. The van der Waals surface area contributed by atoms with E-state index in [1.165, 1.54) is 12.1 Å². The van der Waals surface area contributed by atoms with E-state index in [-0.39, 0.29) is 11.7 Å².